The lowest BCUT2D eigenvalue weighted by atomic mass is 10.1. The Morgan fingerprint density at radius 1 is 1.30 bits per heavy atom. The van der Waals surface area contributed by atoms with Gasteiger partial charge in [-0.2, -0.15) is 0 Å². The smallest absolute Gasteiger partial charge is 0.131 e. The zero-order valence-electron chi connectivity index (χ0n) is 12.5. The zero-order valence-corrected chi connectivity index (χ0v) is 13.3. The van der Waals surface area contributed by atoms with Crippen molar-refractivity contribution in [2.75, 3.05) is 0 Å². The monoisotopic (exact) mass is 290 g/mol. The average Bonchev–Trinajstić information content (AvgIpc) is 2.85. The molecule has 0 fully saturated rings. The summed E-state index contributed by atoms with van der Waals surface area (Å²) in [6.45, 7) is 8.82. The normalized spacial score (nSPS) is 12.7. The number of hydrogen-bond acceptors (Lipinski definition) is 4. The Morgan fingerprint density at radius 3 is 2.65 bits per heavy atom. The number of thiazole rings is 1. The van der Waals surface area contributed by atoms with Gasteiger partial charge in [0.25, 0.3) is 0 Å². The minimum atomic E-state index is -0.0349. The molecule has 0 radical (unpaired) electrons. The lowest BCUT2D eigenvalue weighted by Crippen LogP contribution is -2.08. The van der Waals surface area contributed by atoms with Crippen LogP contribution in [-0.4, -0.2) is 4.98 Å². The summed E-state index contributed by atoms with van der Waals surface area (Å²) in [6, 6.07) is 6.10. The molecule has 2 aromatic rings. The minimum Gasteiger partial charge on any atom is -0.487 e. The molecule has 1 heterocycles. The molecule has 0 unspecified atom stereocenters. The molecule has 1 aromatic heterocycles. The Bertz CT molecular complexity index is 576. The van der Waals surface area contributed by atoms with E-state index in [-0.39, 0.29) is 6.04 Å². The lowest BCUT2D eigenvalue weighted by molar-refractivity contribution is 0.297. The summed E-state index contributed by atoms with van der Waals surface area (Å²) in [7, 11) is 0. The highest BCUT2D eigenvalue weighted by molar-refractivity contribution is 7.09. The van der Waals surface area contributed by atoms with Crippen molar-refractivity contribution in [2.24, 2.45) is 5.73 Å². The molecule has 4 heteroatoms. The minimum absolute atomic E-state index is 0.0349. The van der Waals surface area contributed by atoms with Crippen LogP contribution in [0.1, 0.15) is 54.6 Å². The molecule has 0 saturated carbocycles. The van der Waals surface area contributed by atoms with Gasteiger partial charge in [0, 0.05) is 22.9 Å². The first-order valence-corrected chi connectivity index (χ1v) is 7.78. The van der Waals surface area contributed by atoms with Crippen molar-refractivity contribution in [3.05, 3.63) is 45.4 Å². The van der Waals surface area contributed by atoms with Crippen molar-refractivity contribution in [3.63, 3.8) is 0 Å². The Kier molecular flexibility index (Phi) is 4.78. The summed E-state index contributed by atoms with van der Waals surface area (Å²) in [5, 5.41) is 3.22. The fourth-order valence-electron chi connectivity index (χ4n) is 1.95. The van der Waals surface area contributed by atoms with Gasteiger partial charge in [-0.15, -0.1) is 11.3 Å². The van der Waals surface area contributed by atoms with E-state index in [2.05, 4.69) is 37.2 Å². The summed E-state index contributed by atoms with van der Waals surface area (Å²) >= 11 is 1.69. The molecule has 1 aromatic carbocycles. The molecule has 0 amide bonds. The Hall–Kier alpha value is -1.39. The van der Waals surface area contributed by atoms with E-state index in [4.69, 9.17) is 10.5 Å². The first kappa shape index (κ1) is 15.0. The molecule has 108 valence electrons. The number of ether oxygens (including phenoxy) is 1. The number of nitrogens with zero attached hydrogens (tertiary/aromatic N) is 1. The Balaban J connectivity index is 2.11. The van der Waals surface area contributed by atoms with Gasteiger partial charge in [0.2, 0.25) is 0 Å². The van der Waals surface area contributed by atoms with Crippen LogP contribution in [-0.2, 0) is 6.61 Å². The zero-order chi connectivity index (χ0) is 14.7. The highest BCUT2D eigenvalue weighted by Gasteiger charge is 2.10. The van der Waals surface area contributed by atoms with E-state index in [9.17, 15) is 0 Å². The van der Waals surface area contributed by atoms with E-state index >= 15 is 0 Å². The predicted octanol–water partition coefficient (Wildman–Crippen LogP) is 4.17. The van der Waals surface area contributed by atoms with Crippen molar-refractivity contribution in [1.82, 2.24) is 4.98 Å². The number of nitrogens with two attached hydrogens (primary N) is 1. The van der Waals surface area contributed by atoms with E-state index in [0.29, 0.717) is 12.5 Å². The van der Waals surface area contributed by atoms with Crippen LogP contribution in [0.5, 0.6) is 5.75 Å². The second-order valence-electron chi connectivity index (χ2n) is 5.45. The van der Waals surface area contributed by atoms with Crippen molar-refractivity contribution < 1.29 is 4.74 Å². The van der Waals surface area contributed by atoms with Gasteiger partial charge in [-0.05, 0) is 25.5 Å². The van der Waals surface area contributed by atoms with Gasteiger partial charge < -0.3 is 10.5 Å². The molecule has 0 saturated heterocycles. The number of benzene rings is 1. The van der Waals surface area contributed by atoms with Crippen LogP contribution < -0.4 is 10.5 Å². The van der Waals surface area contributed by atoms with Gasteiger partial charge in [0.15, 0.2) is 0 Å². The summed E-state index contributed by atoms with van der Waals surface area (Å²) < 4.78 is 5.92. The number of aromatic nitrogens is 1. The Labute approximate surface area is 124 Å². The van der Waals surface area contributed by atoms with Crippen molar-refractivity contribution in [1.29, 1.82) is 0 Å². The van der Waals surface area contributed by atoms with Gasteiger partial charge in [0.05, 0.1) is 10.7 Å². The summed E-state index contributed by atoms with van der Waals surface area (Å²) in [4.78, 5) is 4.58. The number of rotatable bonds is 5. The van der Waals surface area contributed by atoms with Crippen molar-refractivity contribution in [2.45, 2.75) is 46.3 Å². The van der Waals surface area contributed by atoms with Crippen LogP contribution in [0.3, 0.4) is 0 Å². The molecule has 0 aliphatic carbocycles. The molecule has 0 aliphatic heterocycles. The molecule has 2 N–H and O–H groups in total. The second kappa shape index (κ2) is 6.37. The molecule has 0 aliphatic rings. The van der Waals surface area contributed by atoms with Gasteiger partial charge in [-0.3, -0.25) is 0 Å². The molecule has 0 spiro atoms. The standard InChI is InChI=1S/C16H22N2OS/c1-10(2)16-18-13(9-20-16)8-19-15-7-11(3)5-6-14(15)12(4)17/h5-7,9-10,12H,8,17H2,1-4H3/t12-/m0/s1. The van der Waals surface area contributed by atoms with Crippen LogP contribution in [0, 0.1) is 6.92 Å². The predicted molar refractivity (Wildman–Crippen MR) is 84.3 cm³/mol. The number of aryl methyl sites for hydroxylation is 1. The van der Waals surface area contributed by atoms with Crippen LogP contribution >= 0.6 is 11.3 Å². The van der Waals surface area contributed by atoms with E-state index < -0.39 is 0 Å². The van der Waals surface area contributed by atoms with Crippen LogP contribution in [0.15, 0.2) is 23.6 Å². The SMILES string of the molecule is Cc1ccc([C@H](C)N)c(OCc2csc(C(C)C)n2)c1. The van der Waals surface area contributed by atoms with Crippen molar-refractivity contribution in [3.8, 4) is 5.75 Å². The summed E-state index contributed by atoms with van der Waals surface area (Å²) in [6.07, 6.45) is 0. The topological polar surface area (TPSA) is 48.1 Å². The molecular weight excluding hydrogens is 268 g/mol. The molecule has 2 rings (SSSR count). The fraction of sp³-hybridized carbons (Fsp3) is 0.438. The van der Waals surface area contributed by atoms with Crippen LogP contribution in [0.25, 0.3) is 0 Å². The summed E-state index contributed by atoms with van der Waals surface area (Å²) in [5.41, 5.74) is 9.17. The van der Waals surface area contributed by atoms with Crippen LogP contribution in [0.4, 0.5) is 0 Å². The number of hydrogen-bond donors (Lipinski definition) is 1. The third-order valence-electron chi connectivity index (χ3n) is 3.10. The van der Waals surface area contributed by atoms with Gasteiger partial charge in [-0.25, -0.2) is 4.98 Å². The maximum absolute atomic E-state index is 5.98. The molecule has 3 nitrogen and oxygen atoms in total. The van der Waals surface area contributed by atoms with E-state index in [1.165, 1.54) is 5.56 Å². The highest BCUT2D eigenvalue weighted by atomic mass is 32.1. The quantitative estimate of drug-likeness (QED) is 0.899. The fourth-order valence-corrected chi connectivity index (χ4v) is 2.77. The molecule has 20 heavy (non-hydrogen) atoms. The maximum atomic E-state index is 5.98. The van der Waals surface area contributed by atoms with Gasteiger partial charge >= 0.3 is 0 Å². The first-order chi connectivity index (χ1) is 9.47. The third-order valence-corrected chi connectivity index (χ3v) is 4.29. The maximum Gasteiger partial charge on any atom is 0.131 e. The molecule has 1 atom stereocenters. The Morgan fingerprint density at radius 2 is 2.05 bits per heavy atom. The molecular formula is C16H22N2OS. The highest BCUT2D eigenvalue weighted by Crippen LogP contribution is 2.26. The largest absolute Gasteiger partial charge is 0.487 e. The van der Waals surface area contributed by atoms with Crippen molar-refractivity contribution >= 4 is 11.3 Å². The second-order valence-corrected chi connectivity index (χ2v) is 6.34. The van der Waals surface area contributed by atoms with E-state index in [1.807, 2.05) is 19.1 Å². The van der Waals surface area contributed by atoms with E-state index in [1.54, 1.807) is 11.3 Å². The van der Waals surface area contributed by atoms with Crippen LogP contribution in [0.2, 0.25) is 0 Å². The average molecular weight is 290 g/mol. The van der Waals surface area contributed by atoms with Gasteiger partial charge in [0.1, 0.15) is 12.4 Å². The van der Waals surface area contributed by atoms with E-state index in [0.717, 1.165) is 22.0 Å². The molecule has 0 bridgehead atoms. The lowest BCUT2D eigenvalue weighted by Gasteiger charge is -2.14. The first-order valence-electron chi connectivity index (χ1n) is 6.90. The van der Waals surface area contributed by atoms with Gasteiger partial charge in [-0.1, -0.05) is 26.0 Å². The third kappa shape index (κ3) is 3.58. The summed E-state index contributed by atoms with van der Waals surface area (Å²) in [5.74, 6) is 1.33.